The first-order chi connectivity index (χ1) is 14.3. The van der Waals surface area contributed by atoms with E-state index < -0.39 is 11.9 Å². The fourth-order valence-corrected chi connectivity index (χ4v) is 3.77. The number of rotatable bonds is 7. The minimum absolute atomic E-state index is 0.306. The number of fused-ring (bicyclic) bond motifs is 2. The van der Waals surface area contributed by atoms with Crippen molar-refractivity contribution in [1.29, 1.82) is 0 Å². The van der Waals surface area contributed by atoms with E-state index in [1.165, 1.54) is 0 Å². The summed E-state index contributed by atoms with van der Waals surface area (Å²) in [7, 11) is 0. The molecule has 3 rings (SSSR count). The van der Waals surface area contributed by atoms with Gasteiger partial charge in [0.25, 0.3) is 0 Å². The van der Waals surface area contributed by atoms with E-state index in [1.807, 2.05) is 42.5 Å². The first-order valence-electron chi connectivity index (χ1n) is 9.70. The highest BCUT2D eigenvalue weighted by Gasteiger charge is 2.21. The molecule has 0 saturated heterocycles. The summed E-state index contributed by atoms with van der Waals surface area (Å²) >= 11 is 1.72. The van der Waals surface area contributed by atoms with Crippen LogP contribution >= 0.6 is 11.8 Å². The summed E-state index contributed by atoms with van der Waals surface area (Å²) < 4.78 is 11.5. The van der Waals surface area contributed by atoms with Crippen molar-refractivity contribution in [3.05, 3.63) is 66.8 Å². The zero-order valence-electron chi connectivity index (χ0n) is 17.4. The van der Waals surface area contributed by atoms with Crippen molar-refractivity contribution in [3.63, 3.8) is 0 Å². The van der Waals surface area contributed by atoms with Gasteiger partial charge in [0.2, 0.25) is 0 Å². The average Bonchev–Trinajstić information content (AvgIpc) is 2.73. The first kappa shape index (κ1) is 21.7. The smallest absolute Gasteiger partial charge is 0.338 e. The Hall–Kier alpha value is -3.05. The molecule has 0 radical (unpaired) electrons. The van der Waals surface area contributed by atoms with Gasteiger partial charge in [0.15, 0.2) is 0 Å². The van der Waals surface area contributed by atoms with Gasteiger partial charge in [-0.2, -0.15) is 0 Å². The van der Waals surface area contributed by atoms with Crippen LogP contribution in [-0.4, -0.2) is 17.7 Å². The monoisotopic (exact) mass is 420 g/mol. The van der Waals surface area contributed by atoms with Crippen LogP contribution in [0, 0.1) is 0 Å². The van der Waals surface area contributed by atoms with Gasteiger partial charge >= 0.3 is 11.9 Å². The Morgan fingerprint density at radius 1 is 0.833 bits per heavy atom. The van der Waals surface area contributed by atoms with Crippen LogP contribution in [0.2, 0.25) is 0 Å². The molecule has 4 nitrogen and oxygen atoms in total. The average molecular weight is 421 g/mol. The van der Waals surface area contributed by atoms with Gasteiger partial charge in [0.1, 0.15) is 11.5 Å². The van der Waals surface area contributed by atoms with E-state index in [-0.39, 0.29) is 0 Å². The van der Waals surface area contributed by atoms with Crippen LogP contribution in [0.1, 0.15) is 27.2 Å². The molecule has 3 aromatic rings. The molecule has 0 N–H and O–H groups in total. The molecule has 5 heteroatoms. The minimum Gasteiger partial charge on any atom is -0.422 e. The second-order valence-electron chi connectivity index (χ2n) is 7.10. The third-order valence-corrected chi connectivity index (χ3v) is 5.66. The Morgan fingerprint density at radius 3 is 1.83 bits per heavy atom. The number of hydrogen-bond donors (Lipinski definition) is 0. The standard InChI is InChI=1S/C25H24O4S/c1-6-13-30-17-11-12-20-21(14-17)23(29-25(27)16(4)5)19-10-8-7-9-18(19)22(20)28-24(26)15(2)3/h7-12,14H,2,4,6,13H2,1,3,5H3. The largest absolute Gasteiger partial charge is 0.422 e. The molecule has 0 bridgehead atoms. The van der Waals surface area contributed by atoms with Crippen molar-refractivity contribution < 1.29 is 19.1 Å². The van der Waals surface area contributed by atoms with Crippen LogP contribution < -0.4 is 9.47 Å². The maximum atomic E-state index is 12.4. The quantitative estimate of drug-likeness (QED) is 0.144. The number of carbonyl (C=O) groups excluding carboxylic acids is 2. The molecule has 0 heterocycles. The Labute approximate surface area is 180 Å². The van der Waals surface area contributed by atoms with E-state index in [2.05, 4.69) is 20.1 Å². The van der Waals surface area contributed by atoms with Gasteiger partial charge in [-0.15, -0.1) is 11.8 Å². The van der Waals surface area contributed by atoms with Crippen LogP contribution in [0.15, 0.2) is 71.7 Å². The second-order valence-corrected chi connectivity index (χ2v) is 8.27. The summed E-state index contributed by atoms with van der Waals surface area (Å²) in [5.41, 5.74) is 0.613. The maximum Gasteiger partial charge on any atom is 0.338 e. The normalized spacial score (nSPS) is 10.8. The van der Waals surface area contributed by atoms with Gasteiger partial charge < -0.3 is 9.47 Å². The molecule has 0 amide bonds. The van der Waals surface area contributed by atoms with Crippen molar-refractivity contribution in [2.75, 3.05) is 5.75 Å². The fraction of sp³-hybridized carbons (Fsp3) is 0.200. The molecule has 154 valence electrons. The van der Waals surface area contributed by atoms with E-state index in [0.29, 0.717) is 44.2 Å². The number of carbonyl (C=O) groups is 2. The van der Waals surface area contributed by atoms with Crippen molar-refractivity contribution in [2.24, 2.45) is 0 Å². The number of ether oxygens (including phenoxy) is 2. The second kappa shape index (κ2) is 9.18. The van der Waals surface area contributed by atoms with Gasteiger partial charge in [0.05, 0.1) is 0 Å². The van der Waals surface area contributed by atoms with Crippen LogP contribution in [0.3, 0.4) is 0 Å². The summed E-state index contributed by atoms with van der Waals surface area (Å²) in [6.07, 6.45) is 1.04. The lowest BCUT2D eigenvalue weighted by Crippen LogP contribution is -2.11. The van der Waals surface area contributed by atoms with E-state index in [1.54, 1.807) is 25.6 Å². The van der Waals surface area contributed by atoms with Crippen LogP contribution in [0.5, 0.6) is 11.5 Å². The molecule has 30 heavy (non-hydrogen) atoms. The summed E-state index contributed by atoms with van der Waals surface area (Å²) in [5.74, 6) is 0.827. The van der Waals surface area contributed by atoms with Crippen molar-refractivity contribution in [1.82, 2.24) is 0 Å². The fourth-order valence-electron chi connectivity index (χ4n) is 2.97. The molecule has 0 aliphatic rings. The van der Waals surface area contributed by atoms with Crippen LogP contribution in [-0.2, 0) is 9.59 Å². The summed E-state index contributed by atoms with van der Waals surface area (Å²) in [4.78, 5) is 25.8. The molecule has 0 atom stereocenters. The maximum absolute atomic E-state index is 12.4. The minimum atomic E-state index is -0.502. The summed E-state index contributed by atoms with van der Waals surface area (Å²) in [6, 6.07) is 13.3. The van der Waals surface area contributed by atoms with Gasteiger partial charge in [-0.1, -0.05) is 44.3 Å². The van der Waals surface area contributed by atoms with E-state index in [0.717, 1.165) is 17.1 Å². The van der Waals surface area contributed by atoms with Gasteiger partial charge in [-0.3, -0.25) is 0 Å². The lowest BCUT2D eigenvalue weighted by Gasteiger charge is -2.17. The molecule has 0 saturated carbocycles. The Balaban J connectivity index is 2.34. The van der Waals surface area contributed by atoms with Crippen LogP contribution in [0.4, 0.5) is 0 Å². The summed E-state index contributed by atoms with van der Waals surface area (Å²) in [5, 5.41) is 2.75. The lowest BCUT2D eigenvalue weighted by molar-refractivity contribution is -0.130. The predicted molar refractivity (Wildman–Crippen MR) is 123 cm³/mol. The Kier molecular flexibility index (Phi) is 6.63. The van der Waals surface area contributed by atoms with Crippen molar-refractivity contribution in [2.45, 2.75) is 32.1 Å². The zero-order valence-corrected chi connectivity index (χ0v) is 18.2. The highest BCUT2D eigenvalue weighted by atomic mass is 32.2. The van der Waals surface area contributed by atoms with E-state index in [4.69, 9.17) is 9.47 Å². The van der Waals surface area contributed by atoms with Crippen LogP contribution in [0.25, 0.3) is 21.5 Å². The molecule has 0 aliphatic carbocycles. The molecule has 0 unspecified atom stereocenters. The van der Waals surface area contributed by atoms with Crippen molar-refractivity contribution >= 4 is 45.2 Å². The predicted octanol–water partition coefficient (Wildman–Crippen LogP) is 6.46. The highest BCUT2D eigenvalue weighted by molar-refractivity contribution is 7.99. The molecule has 0 fully saturated rings. The highest BCUT2D eigenvalue weighted by Crippen LogP contribution is 2.44. The molecule has 0 spiro atoms. The molecular formula is C25H24O4S. The number of thioether (sulfide) groups is 1. The topological polar surface area (TPSA) is 52.6 Å². The molecule has 3 aromatic carbocycles. The Bertz CT molecular complexity index is 1180. The Morgan fingerprint density at radius 2 is 1.33 bits per heavy atom. The van der Waals surface area contributed by atoms with Gasteiger partial charge in [0, 0.05) is 37.6 Å². The lowest BCUT2D eigenvalue weighted by atomic mass is 10.0. The molecule has 0 aromatic heterocycles. The van der Waals surface area contributed by atoms with Crippen molar-refractivity contribution in [3.8, 4) is 11.5 Å². The molecular weight excluding hydrogens is 396 g/mol. The zero-order chi connectivity index (χ0) is 21.8. The SMILES string of the molecule is C=C(C)C(=O)Oc1c2ccccc2c(OC(=O)C(=C)C)c2cc(SCCC)ccc12. The van der Waals surface area contributed by atoms with Gasteiger partial charge in [-0.25, -0.2) is 9.59 Å². The van der Waals surface area contributed by atoms with Gasteiger partial charge in [-0.05, 0) is 44.2 Å². The third kappa shape index (κ3) is 4.41. The molecule has 0 aliphatic heterocycles. The third-order valence-electron chi connectivity index (χ3n) is 4.46. The van der Waals surface area contributed by atoms with E-state index >= 15 is 0 Å². The number of esters is 2. The summed E-state index contributed by atoms with van der Waals surface area (Å²) in [6.45, 7) is 12.7. The first-order valence-corrected chi connectivity index (χ1v) is 10.7. The van der Waals surface area contributed by atoms with E-state index in [9.17, 15) is 9.59 Å². The number of benzene rings is 3. The number of hydrogen-bond acceptors (Lipinski definition) is 5.